The van der Waals surface area contributed by atoms with E-state index in [0.717, 1.165) is 12.1 Å². The molecule has 0 aromatic heterocycles. The second-order valence-electron chi connectivity index (χ2n) is 3.18. The summed E-state index contributed by atoms with van der Waals surface area (Å²) in [6, 6.07) is 1.16. The molecule has 0 unspecified atom stereocenters. The molecule has 1 aromatic rings. The van der Waals surface area contributed by atoms with Gasteiger partial charge in [-0.15, -0.1) is 12.4 Å². The van der Waals surface area contributed by atoms with E-state index in [1.807, 2.05) is 0 Å². The highest BCUT2D eigenvalue weighted by molar-refractivity contribution is 6.30. The van der Waals surface area contributed by atoms with Crippen LogP contribution in [0.5, 0.6) is 0 Å². The van der Waals surface area contributed by atoms with Gasteiger partial charge in [0.15, 0.2) is 6.10 Å². The Morgan fingerprint density at radius 2 is 1.82 bits per heavy atom. The van der Waals surface area contributed by atoms with Gasteiger partial charge in [-0.1, -0.05) is 17.7 Å². The maximum absolute atomic E-state index is 13.2. The van der Waals surface area contributed by atoms with Crippen molar-refractivity contribution >= 4 is 24.0 Å². The molecule has 8 heteroatoms. The van der Waals surface area contributed by atoms with Gasteiger partial charge in [-0.2, -0.15) is 13.2 Å². The zero-order chi connectivity index (χ0) is 12.5. The van der Waals surface area contributed by atoms with Gasteiger partial charge in [-0.25, -0.2) is 4.39 Å². The standard InChI is InChI=1S/C9H8ClF4NO.ClH/c10-4-1-2-5(6(11)3-4)7(15)8(16)9(12,13)14;/h1-3,7-8,16H,15H2;1H/t7-,8-;/m0./s1. The monoisotopic (exact) mass is 293 g/mol. The first kappa shape index (κ1) is 16.4. The Hall–Kier alpha value is -0.560. The molecule has 0 heterocycles. The molecule has 0 aliphatic rings. The molecule has 98 valence electrons. The largest absolute Gasteiger partial charge is 0.416 e. The highest BCUT2D eigenvalue weighted by atomic mass is 35.5. The molecule has 2 nitrogen and oxygen atoms in total. The fraction of sp³-hybridized carbons (Fsp3) is 0.333. The molecule has 0 aliphatic heterocycles. The van der Waals surface area contributed by atoms with Crippen LogP contribution in [0.3, 0.4) is 0 Å². The molecule has 17 heavy (non-hydrogen) atoms. The van der Waals surface area contributed by atoms with Crippen molar-refractivity contribution in [1.29, 1.82) is 0 Å². The molecule has 1 rings (SSSR count). The number of benzene rings is 1. The number of halogens is 6. The number of alkyl halides is 3. The van der Waals surface area contributed by atoms with E-state index in [4.69, 9.17) is 22.4 Å². The lowest BCUT2D eigenvalue weighted by molar-refractivity contribution is -0.210. The molecule has 3 N–H and O–H groups in total. The van der Waals surface area contributed by atoms with Crippen molar-refractivity contribution in [3.8, 4) is 0 Å². The van der Waals surface area contributed by atoms with Crippen LogP contribution in [-0.2, 0) is 0 Å². The normalized spacial score (nSPS) is 15.0. The third kappa shape index (κ3) is 3.99. The predicted octanol–water partition coefficient (Wildman–Crippen LogP) is 2.82. The van der Waals surface area contributed by atoms with Gasteiger partial charge in [0, 0.05) is 10.6 Å². The molecular weight excluding hydrogens is 285 g/mol. The summed E-state index contributed by atoms with van der Waals surface area (Å²) >= 11 is 5.43. The SMILES string of the molecule is Cl.N[C@@H](c1ccc(Cl)cc1F)[C@H](O)C(F)(F)F. The summed E-state index contributed by atoms with van der Waals surface area (Å²) in [5, 5.41) is 8.89. The summed E-state index contributed by atoms with van der Waals surface area (Å²) in [4.78, 5) is 0. The minimum Gasteiger partial charge on any atom is -0.382 e. The van der Waals surface area contributed by atoms with Gasteiger partial charge >= 0.3 is 6.18 Å². The van der Waals surface area contributed by atoms with Crippen LogP contribution in [-0.4, -0.2) is 17.4 Å². The van der Waals surface area contributed by atoms with E-state index in [0.29, 0.717) is 0 Å². The fourth-order valence-corrected chi connectivity index (χ4v) is 1.30. The van der Waals surface area contributed by atoms with Crippen molar-refractivity contribution < 1.29 is 22.7 Å². The number of aliphatic hydroxyl groups excluding tert-OH is 1. The average Bonchev–Trinajstić information content (AvgIpc) is 2.14. The maximum Gasteiger partial charge on any atom is 0.416 e. The third-order valence-electron chi connectivity index (χ3n) is 2.00. The van der Waals surface area contributed by atoms with Gasteiger partial charge in [0.1, 0.15) is 5.82 Å². The second kappa shape index (κ2) is 5.86. The smallest absolute Gasteiger partial charge is 0.382 e. The van der Waals surface area contributed by atoms with Crippen molar-refractivity contribution in [2.24, 2.45) is 5.73 Å². The van der Waals surface area contributed by atoms with Crippen molar-refractivity contribution in [3.63, 3.8) is 0 Å². The van der Waals surface area contributed by atoms with E-state index in [1.165, 1.54) is 6.07 Å². The molecule has 1 aromatic carbocycles. The number of nitrogens with two attached hydrogens (primary N) is 1. The van der Waals surface area contributed by atoms with Crippen LogP contribution < -0.4 is 5.73 Å². The van der Waals surface area contributed by atoms with Gasteiger partial charge in [0.2, 0.25) is 0 Å². The van der Waals surface area contributed by atoms with Crippen LogP contribution in [0.2, 0.25) is 5.02 Å². The molecule has 0 saturated carbocycles. The fourth-order valence-electron chi connectivity index (χ4n) is 1.15. The lowest BCUT2D eigenvalue weighted by Gasteiger charge is -2.21. The summed E-state index contributed by atoms with van der Waals surface area (Å²) in [5.41, 5.74) is 4.69. The van der Waals surface area contributed by atoms with Gasteiger partial charge in [0.05, 0.1) is 6.04 Å². The first-order valence-electron chi connectivity index (χ1n) is 4.19. The molecule has 0 fully saturated rings. The number of hydrogen-bond acceptors (Lipinski definition) is 2. The Labute approximate surface area is 106 Å². The summed E-state index contributed by atoms with van der Waals surface area (Å²) in [6.45, 7) is 0. The summed E-state index contributed by atoms with van der Waals surface area (Å²) in [5.74, 6) is -0.983. The van der Waals surface area contributed by atoms with Crippen LogP contribution >= 0.6 is 24.0 Å². The van der Waals surface area contributed by atoms with E-state index in [9.17, 15) is 17.6 Å². The van der Waals surface area contributed by atoms with Crippen molar-refractivity contribution in [1.82, 2.24) is 0 Å². The minimum absolute atomic E-state index is 0. The molecule has 0 radical (unpaired) electrons. The zero-order valence-corrected chi connectivity index (χ0v) is 9.78. The summed E-state index contributed by atoms with van der Waals surface area (Å²) in [6.07, 6.45) is -7.71. The summed E-state index contributed by atoms with van der Waals surface area (Å²) < 4.78 is 49.6. The van der Waals surface area contributed by atoms with Crippen LogP contribution in [0, 0.1) is 5.82 Å². The molecular formula is C9H9Cl2F4NO. The van der Waals surface area contributed by atoms with Crippen LogP contribution in [0.15, 0.2) is 18.2 Å². The quantitative estimate of drug-likeness (QED) is 0.824. The lowest BCUT2D eigenvalue weighted by atomic mass is 10.0. The van der Waals surface area contributed by atoms with E-state index in [2.05, 4.69) is 0 Å². The molecule has 0 bridgehead atoms. The van der Waals surface area contributed by atoms with Crippen molar-refractivity contribution in [2.75, 3.05) is 0 Å². The van der Waals surface area contributed by atoms with E-state index >= 15 is 0 Å². The number of aliphatic hydroxyl groups is 1. The van der Waals surface area contributed by atoms with E-state index in [1.54, 1.807) is 0 Å². The molecule has 0 saturated heterocycles. The van der Waals surface area contributed by atoms with Gasteiger partial charge < -0.3 is 10.8 Å². The first-order chi connectivity index (χ1) is 7.23. The van der Waals surface area contributed by atoms with Crippen molar-refractivity contribution in [2.45, 2.75) is 18.3 Å². The molecule has 0 spiro atoms. The topological polar surface area (TPSA) is 46.2 Å². The Morgan fingerprint density at radius 1 is 1.29 bits per heavy atom. The van der Waals surface area contributed by atoms with Gasteiger partial charge in [0.25, 0.3) is 0 Å². The highest BCUT2D eigenvalue weighted by Crippen LogP contribution is 2.30. The van der Waals surface area contributed by atoms with Gasteiger partial charge in [-0.3, -0.25) is 0 Å². The predicted molar refractivity (Wildman–Crippen MR) is 57.6 cm³/mol. The minimum atomic E-state index is -4.90. The Balaban J connectivity index is 0.00000256. The van der Waals surface area contributed by atoms with Crippen LogP contribution in [0.4, 0.5) is 17.6 Å². The first-order valence-corrected chi connectivity index (χ1v) is 4.56. The average molecular weight is 294 g/mol. The summed E-state index contributed by atoms with van der Waals surface area (Å²) in [7, 11) is 0. The zero-order valence-electron chi connectivity index (χ0n) is 8.21. The Bertz CT molecular complexity index is 386. The Morgan fingerprint density at radius 3 is 2.24 bits per heavy atom. The second-order valence-corrected chi connectivity index (χ2v) is 3.61. The number of rotatable bonds is 2. The van der Waals surface area contributed by atoms with E-state index < -0.39 is 29.7 Å². The van der Waals surface area contributed by atoms with Crippen molar-refractivity contribution in [3.05, 3.63) is 34.6 Å². The highest BCUT2D eigenvalue weighted by Gasteiger charge is 2.43. The lowest BCUT2D eigenvalue weighted by Crippen LogP contribution is -2.39. The van der Waals surface area contributed by atoms with Gasteiger partial charge in [-0.05, 0) is 12.1 Å². The molecule has 2 atom stereocenters. The van der Waals surface area contributed by atoms with E-state index in [-0.39, 0.29) is 17.4 Å². The van der Waals surface area contributed by atoms with Crippen LogP contribution in [0.25, 0.3) is 0 Å². The Kier molecular flexibility index (Phi) is 5.67. The molecule has 0 amide bonds. The number of hydrogen-bond donors (Lipinski definition) is 2. The molecule has 0 aliphatic carbocycles. The third-order valence-corrected chi connectivity index (χ3v) is 2.23. The van der Waals surface area contributed by atoms with Crippen LogP contribution in [0.1, 0.15) is 11.6 Å². The maximum atomic E-state index is 13.2.